The summed E-state index contributed by atoms with van der Waals surface area (Å²) in [5.74, 6) is -0.279. The molecule has 2 rings (SSSR count). The summed E-state index contributed by atoms with van der Waals surface area (Å²) in [7, 11) is 0. The van der Waals surface area contributed by atoms with Crippen LogP contribution in [0.2, 0.25) is 0 Å². The zero-order chi connectivity index (χ0) is 10.1. The van der Waals surface area contributed by atoms with Crippen molar-refractivity contribution in [1.82, 2.24) is 9.80 Å². The van der Waals surface area contributed by atoms with E-state index >= 15 is 0 Å². The van der Waals surface area contributed by atoms with Gasteiger partial charge in [0.05, 0.1) is 6.17 Å². The number of carbonyl (C=O) groups is 1. The Bertz CT molecular complexity index is 245. The average Bonchev–Trinajstić information content (AvgIpc) is 2.99. The van der Waals surface area contributed by atoms with Gasteiger partial charge < -0.3 is 4.74 Å². The lowest BCUT2D eigenvalue weighted by molar-refractivity contribution is -0.141. The number of hydrogen-bond acceptors (Lipinski definition) is 4. The van der Waals surface area contributed by atoms with Gasteiger partial charge in [-0.2, -0.15) is 0 Å². The van der Waals surface area contributed by atoms with Gasteiger partial charge in [0, 0.05) is 31.8 Å². The minimum Gasteiger partial charge on any atom is -0.459 e. The van der Waals surface area contributed by atoms with Crippen LogP contribution in [0.15, 0.2) is 12.2 Å². The topological polar surface area (TPSA) is 32.3 Å². The molecule has 0 atom stereocenters. The van der Waals surface area contributed by atoms with E-state index in [0.717, 1.165) is 26.2 Å². The Labute approximate surface area is 84.1 Å². The highest BCUT2D eigenvalue weighted by Crippen LogP contribution is 2.20. The maximum absolute atomic E-state index is 11.2. The van der Waals surface area contributed by atoms with Gasteiger partial charge in [-0.05, 0) is 6.92 Å². The van der Waals surface area contributed by atoms with Gasteiger partial charge >= 0.3 is 5.97 Å². The number of nitrogens with zero attached hydrogens (tertiary/aromatic N) is 2. The summed E-state index contributed by atoms with van der Waals surface area (Å²) in [5.41, 5.74) is 0.473. The quantitative estimate of drug-likeness (QED) is 0.354. The molecule has 2 aliphatic heterocycles. The number of rotatable bonds is 5. The van der Waals surface area contributed by atoms with Gasteiger partial charge in [-0.25, -0.2) is 4.79 Å². The molecule has 0 bridgehead atoms. The van der Waals surface area contributed by atoms with Crippen molar-refractivity contribution in [2.75, 3.05) is 32.8 Å². The second-order valence-electron chi connectivity index (χ2n) is 3.93. The molecule has 0 unspecified atom stereocenters. The van der Waals surface area contributed by atoms with Crippen molar-refractivity contribution < 1.29 is 9.53 Å². The second kappa shape index (κ2) is 3.71. The zero-order valence-corrected chi connectivity index (χ0v) is 8.53. The third kappa shape index (κ3) is 2.33. The fourth-order valence-electron chi connectivity index (χ4n) is 1.43. The second-order valence-corrected chi connectivity index (χ2v) is 3.93. The summed E-state index contributed by atoms with van der Waals surface area (Å²) in [4.78, 5) is 15.8. The number of hydrogen-bond donors (Lipinski definition) is 0. The van der Waals surface area contributed by atoms with E-state index in [9.17, 15) is 4.79 Å². The minimum atomic E-state index is -0.279. The van der Waals surface area contributed by atoms with E-state index in [1.807, 2.05) is 0 Å². The van der Waals surface area contributed by atoms with E-state index in [4.69, 9.17) is 4.74 Å². The molecule has 0 aromatic heterocycles. The lowest BCUT2D eigenvalue weighted by Gasteiger charge is -2.18. The van der Waals surface area contributed by atoms with E-state index in [2.05, 4.69) is 16.4 Å². The molecule has 2 fully saturated rings. The van der Waals surface area contributed by atoms with Crippen molar-refractivity contribution in [1.29, 1.82) is 0 Å². The first-order chi connectivity index (χ1) is 6.68. The van der Waals surface area contributed by atoms with Gasteiger partial charge in [-0.15, -0.1) is 0 Å². The lowest BCUT2D eigenvalue weighted by Crippen LogP contribution is -2.34. The Morgan fingerprint density at radius 1 is 1.36 bits per heavy atom. The molecule has 0 amide bonds. The maximum atomic E-state index is 11.2. The van der Waals surface area contributed by atoms with Crippen LogP contribution in [0, 0.1) is 0 Å². The molecule has 0 saturated carbocycles. The first kappa shape index (κ1) is 9.68. The molecule has 0 aromatic carbocycles. The molecule has 2 heterocycles. The number of carbonyl (C=O) groups excluding carboxylic acids is 1. The largest absolute Gasteiger partial charge is 0.459 e. The highest BCUT2D eigenvalue weighted by Gasteiger charge is 2.37. The van der Waals surface area contributed by atoms with E-state index < -0.39 is 0 Å². The van der Waals surface area contributed by atoms with Crippen LogP contribution in [0.4, 0.5) is 0 Å². The zero-order valence-electron chi connectivity index (χ0n) is 8.53. The van der Waals surface area contributed by atoms with Crippen LogP contribution in [-0.4, -0.2) is 54.7 Å². The monoisotopic (exact) mass is 196 g/mol. The maximum Gasteiger partial charge on any atom is 0.333 e. The van der Waals surface area contributed by atoms with Crippen molar-refractivity contribution in [3.8, 4) is 0 Å². The summed E-state index contributed by atoms with van der Waals surface area (Å²) in [6.07, 6.45) is 0.318. The SMILES string of the molecule is C=C(C)C(=O)OCC(N1CC1)N1CC1. The highest BCUT2D eigenvalue weighted by molar-refractivity contribution is 5.86. The first-order valence-electron chi connectivity index (χ1n) is 4.99. The summed E-state index contributed by atoms with van der Waals surface area (Å²) in [6.45, 7) is 10.2. The fourth-order valence-corrected chi connectivity index (χ4v) is 1.43. The van der Waals surface area contributed by atoms with Crippen molar-refractivity contribution >= 4 is 5.97 Å². The Kier molecular flexibility index (Phi) is 2.56. The van der Waals surface area contributed by atoms with Gasteiger partial charge in [0.15, 0.2) is 0 Å². The van der Waals surface area contributed by atoms with Crippen LogP contribution >= 0.6 is 0 Å². The molecule has 0 spiro atoms. The average molecular weight is 196 g/mol. The van der Waals surface area contributed by atoms with Gasteiger partial charge in [-0.1, -0.05) is 6.58 Å². The number of esters is 1. The van der Waals surface area contributed by atoms with Gasteiger partial charge in [0.25, 0.3) is 0 Å². The summed E-state index contributed by atoms with van der Waals surface area (Å²) in [5, 5.41) is 0. The Morgan fingerprint density at radius 3 is 2.21 bits per heavy atom. The minimum absolute atomic E-state index is 0.279. The molecular formula is C10H16N2O2. The van der Waals surface area contributed by atoms with Crippen molar-refractivity contribution in [2.24, 2.45) is 0 Å². The van der Waals surface area contributed by atoms with Gasteiger partial charge in [-0.3, -0.25) is 9.80 Å². The third-order valence-corrected chi connectivity index (χ3v) is 2.52. The number of ether oxygens (including phenoxy) is 1. The van der Waals surface area contributed by atoms with E-state index in [-0.39, 0.29) is 5.97 Å². The van der Waals surface area contributed by atoms with Crippen LogP contribution in [-0.2, 0) is 9.53 Å². The molecule has 4 heteroatoms. The van der Waals surface area contributed by atoms with Crippen molar-refractivity contribution in [3.05, 3.63) is 12.2 Å². The standard InChI is InChI=1S/C10H16N2O2/c1-8(2)10(13)14-7-9(11-3-4-11)12-5-6-12/h9H,1,3-7H2,2H3. The van der Waals surface area contributed by atoms with E-state index in [1.54, 1.807) is 6.92 Å². The fraction of sp³-hybridized carbons (Fsp3) is 0.700. The smallest absolute Gasteiger partial charge is 0.333 e. The van der Waals surface area contributed by atoms with Crippen LogP contribution in [0.25, 0.3) is 0 Å². The Morgan fingerprint density at radius 2 is 1.86 bits per heavy atom. The molecule has 2 aliphatic rings. The highest BCUT2D eigenvalue weighted by atomic mass is 16.5. The molecular weight excluding hydrogens is 180 g/mol. The predicted molar refractivity (Wildman–Crippen MR) is 52.7 cm³/mol. The molecule has 4 nitrogen and oxygen atoms in total. The van der Waals surface area contributed by atoms with Crippen LogP contribution in [0.1, 0.15) is 6.92 Å². The molecule has 0 aliphatic carbocycles. The lowest BCUT2D eigenvalue weighted by atomic mass is 10.4. The van der Waals surface area contributed by atoms with Crippen LogP contribution < -0.4 is 0 Å². The van der Waals surface area contributed by atoms with E-state index in [0.29, 0.717) is 18.3 Å². The molecule has 78 valence electrons. The Hall–Kier alpha value is -0.870. The van der Waals surface area contributed by atoms with Gasteiger partial charge in [0.2, 0.25) is 0 Å². The molecule has 14 heavy (non-hydrogen) atoms. The third-order valence-electron chi connectivity index (χ3n) is 2.52. The van der Waals surface area contributed by atoms with Crippen molar-refractivity contribution in [3.63, 3.8) is 0 Å². The normalized spacial score (nSPS) is 21.0. The summed E-state index contributed by atoms with van der Waals surface area (Å²) in [6, 6.07) is 0. The molecule has 2 saturated heterocycles. The molecule has 0 radical (unpaired) electrons. The van der Waals surface area contributed by atoms with Crippen LogP contribution in [0.5, 0.6) is 0 Å². The molecule has 0 aromatic rings. The van der Waals surface area contributed by atoms with Gasteiger partial charge in [0.1, 0.15) is 6.61 Å². The summed E-state index contributed by atoms with van der Waals surface area (Å²) >= 11 is 0. The molecule has 0 N–H and O–H groups in total. The van der Waals surface area contributed by atoms with Crippen LogP contribution in [0.3, 0.4) is 0 Å². The summed E-state index contributed by atoms with van der Waals surface area (Å²) < 4.78 is 5.15. The van der Waals surface area contributed by atoms with E-state index in [1.165, 1.54) is 0 Å². The van der Waals surface area contributed by atoms with Crippen molar-refractivity contribution in [2.45, 2.75) is 13.1 Å². The Balaban J connectivity index is 1.76. The first-order valence-corrected chi connectivity index (χ1v) is 4.99. The predicted octanol–water partition coefficient (Wildman–Crippen LogP) is 0.0630.